The third kappa shape index (κ3) is 3.79. The maximum Gasteiger partial charge on any atom is 0.246 e. The van der Waals surface area contributed by atoms with Gasteiger partial charge in [0, 0.05) is 63.1 Å². The molecule has 7 heteroatoms. The fourth-order valence-corrected chi connectivity index (χ4v) is 5.48. The molecular weight excluding hydrogens is 416 g/mol. The van der Waals surface area contributed by atoms with Gasteiger partial charge in [0.15, 0.2) is 0 Å². The van der Waals surface area contributed by atoms with Gasteiger partial charge in [-0.2, -0.15) is 0 Å². The molecule has 1 aromatic heterocycles. The van der Waals surface area contributed by atoms with Crippen LogP contribution in [0.5, 0.6) is 5.75 Å². The van der Waals surface area contributed by atoms with Crippen molar-refractivity contribution in [1.82, 2.24) is 14.8 Å². The Bertz CT molecular complexity index is 1070. The molecule has 5 heterocycles. The number of ether oxygens (including phenoxy) is 2. The van der Waals surface area contributed by atoms with E-state index in [4.69, 9.17) is 9.47 Å². The van der Waals surface area contributed by atoms with Crippen molar-refractivity contribution in [3.63, 3.8) is 0 Å². The van der Waals surface area contributed by atoms with Crippen molar-refractivity contribution in [2.24, 2.45) is 0 Å². The van der Waals surface area contributed by atoms with E-state index in [0.717, 1.165) is 69.5 Å². The minimum Gasteiger partial charge on any atom is -0.487 e. The molecule has 0 aliphatic carbocycles. The van der Waals surface area contributed by atoms with Gasteiger partial charge in [0.2, 0.25) is 5.91 Å². The summed E-state index contributed by atoms with van der Waals surface area (Å²) in [6.07, 6.45) is 5.41. The first kappa shape index (κ1) is 20.7. The molecule has 0 spiro atoms. The van der Waals surface area contributed by atoms with Crippen molar-refractivity contribution >= 4 is 17.4 Å². The predicted octanol–water partition coefficient (Wildman–Crippen LogP) is 3.41. The number of nitrogens with one attached hydrogen (secondary N) is 1. The van der Waals surface area contributed by atoms with Crippen LogP contribution in [0.2, 0.25) is 0 Å². The van der Waals surface area contributed by atoms with Gasteiger partial charge in [-0.1, -0.05) is 12.6 Å². The second kappa shape index (κ2) is 8.47. The van der Waals surface area contributed by atoms with Gasteiger partial charge in [0.1, 0.15) is 18.2 Å². The number of hydrogen-bond acceptors (Lipinski definition) is 6. The number of carbonyl (C=O) groups excluding carboxylic acids is 1. The largest absolute Gasteiger partial charge is 0.487 e. The minimum atomic E-state index is 0.0361. The van der Waals surface area contributed by atoms with E-state index < -0.39 is 0 Å². The lowest BCUT2D eigenvalue weighted by Crippen LogP contribution is -2.65. The molecule has 172 valence electrons. The zero-order chi connectivity index (χ0) is 22.4. The molecule has 2 aromatic rings. The van der Waals surface area contributed by atoms with Crippen molar-refractivity contribution in [2.45, 2.75) is 37.3 Å². The van der Waals surface area contributed by atoms with E-state index in [1.807, 2.05) is 11.1 Å². The molecule has 3 fully saturated rings. The Kier molecular flexibility index (Phi) is 5.31. The normalized spacial score (nSPS) is 21.5. The lowest BCUT2D eigenvalue weighted by atomic mass is 9.88. The van der Waals surface area contributed by atoms with Gasteiger partial charge < -0.3 is 19.7 Å². The van der Waals surface area contributed by atoms with E-state index in [1.165, 1.54) is 22.8 Å². The Morgan fingerprint density at radius 3 is 2.73 bits per heavy atom. The van der Waals surface area contributed by atoms with Gasteiger partial charge in [0.25, 0.3) is 0 Å². The van der Waals surface area contributed by atoms with Crippen molar-refractivity contribution in [2.75, 3.05) is 44.7 Å². The number of aromatic nitrogens is 1. The molecule has 1 aromatic carbocycles. The molecule has 33 heavy (non-hydrogen) atoms. The highest BCUT2D eigenvalue weighted by Gasteiger charge is 2.40. The number of carbonyl (C=O) groups is 1. The average Bonchev–Trinajstić information content (AvgIpc) is 2.98. The molecule has 0 bridgehead atoms. The number of amides is 1. The number of likely N-dealkylation sites (tertiary alicyclic amines) is 2. The Labute approximate surface area is 194 Å². The van der Waals surface area contributed by atoms with Gasteiger partial charge in [-0.3, -0.25) is 9.69 Å². The molecular formula is C26H30N4O3. The second-order valence-electron chi connectivity index (χ2n) is 9.54. The molecule has 4 aliphatic rings. The van der Waals surface area contributed by atoms with E-state index in [2.05, 4.69) is 46.0 Å². The Balaban J connectivity index is 1.14. The summed E-state index contributed by atoms with van der Waals surface area (Å²) in [5, 5.41) is 3.57. The number of nitrogens with zero attached hydrogens (tertiary/aromatic N) is 3. The van der Waals surface area contributed by atoms with Crippen LogP contribution in [0.3, 0.4) is 0 Å². The van der Waals surface area contributed by atoms with Crippen molar-refractivity contribution in [1.29, 1.82) is 0 Å². The van der Waals surface area contributed by atoms with Gasteiger partial charge in [0.05, 0.1) is 5.69 Å². The monoisotopic (exact) mass is 446 g/mol. The van der Waals surface area contributed by atoms with Crippen LogP contribution in [0.1, 0.15) is 41.4 Å². The van der Waals surface area contributed by atoms with Crippen molar-refractivity contribution < 1.29 is 14.3 Å². The molecule has 1 N–H and O–H groups in total. The molecule has 0 atom stereocenters. The number of anilines is 2. The van der Waals surface area contributed by atoms with E-state index in [0.29, 0.717) is 24.5 Å². The smallest absolute Gasteiger partial charge is 0.246 e. The summed E-state index contributed by atoms with van der Waals surface area (Å²) >= 11 is 0. The third-order valence-corrected chi connectivity index (χ3v) is 7.63. The summed E-state index contributed by atoms with van der Waals surface area (Å²) in [4.78, 5) is 20.7. The van der Waals surface area contributed by atoms with Gasteiger partial charge in [-0.15, -0.1) is 0 Å². The van der Waals surface area contributed by atoms with Crippen LogP contribution >= 0.6 is 0 Å². The lowest BCUT2D eigenvalue weighted by molar-refractivity contribution is -0.134. The van der Waals surface area contributed by atoms with Crippen LogP contribution in [-0.2, 0) is 16.1 Å². The van der Waals surface area contributed by atoms with Crippen LogP contribution in [0.4, 0.5) is 11.5 Å². The topological polar surface area (TPSA) is 66.9 Å². The summed E-state index contributed by atoms with van der Waals surface area (Å²) in [7, 11) is 0. The van der Waals surface area contributed by atoms with Gasteiger partial charge >= 0.3 is 0 Å². The highest BCUT2D eigenvalue weighted by Crippen LogP contribution is 2.40. The van der Waals surface area contributed by atoms with E-state index >= 15 is 0 Å². The number of pyridine rings is 1. The van der Waals surface area contributed by atoms with Gasteiger partial charge in [-0.25, -0.2) is 4.98 Å². The first-order chi connectivity index (χ1) is 16.2. The van der Waals surface area contributed by atoms with E-state index in [9.17, 15) is 4.79 Å². The summed E-state index contributed by atoms with van der Waals surface area (Å²) in [5.74, 6) is 2.83. The van der Waals surface area contributed by atoms with E-state index in [-0.39, 0.29) is 5.91 Å². The minimum absolute atomic E-state index is 0.0361. The first-order valence-corrected chi connectivity index (χ1v) is 11.9. The molecule has 1 amide bonds. The standard InChI is InChI=1S/C26H30N4O3/c1-2-25(31)30-14-20(15-30)29-12-19(13-29)18-3-4-24-23(11-18)28-26-22(16-33-24)21(5-8-27-26)17-6-9-32-10-7-17/h2-5,8,11,17,19-20H,1,6-7,9-10,12-16H2,(H,27,28). The summed E-state index contributed by atoms with van der Waals surface area (Å²) in [6, 6.07) is 9.14. The quantitative estimate of drug-likeness (QED) is 0.726. The van der Waals surface area contributed by atoms with Crippen LogP contribution in [0.15, 0.2) is 43.1 Å². The average molecular weight is 447 g/mol. The second-order valence-corrected chi connectivity index (χ2v) is 9.54. The van der Waals surface area contributed by atoms with Gasteiger partial charge in [-0.05, 0) is 54.2 Å². The van der Waals surface area contributed by atoms with Crippen molar-refractivity contribution in [3.05, 3.63) is 59.8 Å². The number of rotatable bonds is 4. The fourth-order valence-electron chi connectivity index (χ4n) is 5.48. The Hall–Kier alpha value is -2.90. The predicted molar refractivity (Wildman–Crippen MR) is 126 cm³/mol. The summed E-state index contributed by atoms with van der Waals surface area (Å²) in [6.45, 7) is 9.44. The third-order valence-electron chi connectivity index (χ3n) is 7.63. The summed E-state index contributed by atoms with van der Waals surface area (Å²) < 4.78 is 11.8. The number of hydrogen-bond donors (Lipinski definition) is 1. The van der Waals surface area contributed by atoms with Crippen LogP contribution in [0, 0.1) is 0 Å². The highest BCUT2D eigenvalue weighted by molar-refractivity contribution is 5.87. The molecule has 7 nitrogen and oxygen atoms in total. The van der Waals surface area contributed by atoms with Crippen LogP contribution in [0.25, 0.3) is 0 Å². The Morgan fingerprint density at radius 2 is 1.94 bits per heavy atom. The van der Waals surface area contributed by atoms with Crippen LogP contribution < -0.4 is 10.1 Å². The molecule has 3 saturated heterocycles. The molecule has 0 unspecified atom stereocenters. The maximum atomic E-state index is 11.7. The zero-order valence-electron chi connectivity index (χ0n) is 18.8. The molecule has 6 rings (SSSR count). The Morgan fingerprint density at radius 1 is 1.12 bits per heavy atom. The SMILES string of the molecule is C=CC(=O)N1CC(N2CC(c3ccc4c(c3)Nc3nccc(C5CCOCC5)c3CO4)C2)C1. The van der Waals surface area contributed by atoms with Crippen LogP contribution in [-0.4, -0.2) is 66.1 Å². The molecule has 0 saturated carbocycles. The van der Waals surface area contributed by atoms with Crippen molar-refractivity contribution in [3.8, 4) is 5.75 Å². The number of benzene rings is 1. The molecule has 4 aliphatic heterocycles. The van der Waals surface area contributed by atoms with E-state index in [1.54, 1.807) is 0 Å². The number of fused-ring (bicyclic) bond motifs is 2. The molecule has 0 radical (unpaired) electrons. The summed E-state index contributed by atoms with van der Waals surface area (Å²) in [5.41, 5.74) is 4.82. The zero-order valence-corrected chi connectivity index (χ0v) is 18.8. The first-order valence-electron chi connectivity index (χ1n) is 11.9. The lowest BCUT2D eigenvalue weighted by Gasteiger charge is -2.51. The maximum absolute atomic E-state index is 11.7. The highest BCUT2D eigenvalue weighted by atomic mass is 16.5. The fraction of sp³-hybridized carbons (Fsp3) is 0.462.